The van der Waals surface area contributed by atoms with Crippen molar-refractivity contribution < 1.29 is 24.2 Å². The van der Waals surface area contributed by atoms with Crippen molar-refractivity contribution in [3.8, 4) is 0 Å². The minimum atomic E-state index is -1.16. The van der Waals surface area contributed by atoms with E-state index in [4.69, 9.17) is 9.47 Å². The maximum Gasteiger partial charge on any atom is 0.315 e. The van der Waals surface area contributed by atoms with Gasteiger partial charge in [0.2, 0.25) is 0 Å². The Morgan fingerprint density at radius 2 is 2.00 bits per heavy atom. The first-order valence-corrected chi connectivity index (χ1v) is 13.6. The molecule has 0 aromatic heterocycles. The van der Waals surface area contributed by atoms with Crippen LogP contribution < -0.4 is 0 Å². The van der Waals surface area contributed by atoms with E-state index in [1.54, 1.807) is 0 Å². The Balaban J connectivity index is 1.40. The van der Waals surface area contributed by atoms with Crippen LogP contribution in [0.1, 0.15) is 66.2 Å². The van der Waals surface area contributed by atoms with Gasteiger partial charge in [-0.3, -0.25) is 9.69 Å². The molecule has 1 N–H and O–H groups in total. The molecule has 0 amide bonds. The van der Waals surface area contributed by atoms with E-state index in [9.17, 15) is 14.7 Å². The molecule has 188 valence electrons. The number of ether oxygens (including phenoxy) is 2. The molecule has 1 aliphatic heterocycles. The molecule has 0 aromatic carbocycles. The van der Waals surface area contributed by atoms with E-state index < -0.39 is 22.2 Å². The molecular formula is C28H41NO5. The van der Waals surface area contributed by atoms with Crippen LogP contribution in [0.15, 0.2) is 11.6 Å². The molecule has 6 aliphatic rings. The zero-order chi connectivity index (χ0) is 24.0. The number of aldehydes is 1. The number of hydrogen-bond acceptors (Lipinski definition) is 5. The molecular weight excluding hydrogens is 430 g/mol. The molecule has 0 radical (unpaired) electrons. The number of morpholine rings is 1. The first kappa shape index (κ1) is 23.2. The topological polar surface area (TPSA) is 76.1 Å². The smallest absolute Gasteiger partial charge is 0.315 e. The number of hydrogen-bond donors (Lipinski definition) is 1. The third-order valence-corrected chi connectivity index (χ3v) is 11.0. The number of carbonyl (C=O) groups is 2. The van der Waals surface area contributed by atoms with Crippen LogP contribution in [0.3, 0.4) is 0 Å². The van der Waals surface area contributed by atoms with Gasteiger partial charge in [-0.2, -0.15) is 0 Å². The monoisotopic (exact) mass is 471 g/mol. The van der Waals surface area contributed by atoms with Gasteiger partial charge in [-0.15, -0.1) is 0 Å². The fourth-order valence-corrected chi connectivity index (χ4v) is 9.65. The SMILES string of the molecule is CC(C)C1=C[C@H]2C[C@]3(C=O)[C@@H]4CC[C@@H](C)[C@H]4CC2(CO[C@H]2CN(C4CC4)C[C@@H](C)O2)[C@]13C(=O)O. The largest absolute Gasteiger partial charge is 0.481 e. The van der Waals surface area contributed by atoms with Crippen LogP contribution in [0.5, 0.6) is 0 Å². The maximum absolute atomic E-state index is 13.5. The molecule has 34 heavy (non-hydrogen) atoms. The fourth-order valence-electron chi connectivity index (χ4n) is 9.65. The average Bonchev–Trinajstić information content (AvgIpc) is 3.50. The summed E-state index contributed by atoms with van der Waals surface area (Å²) in [5, 5.41) is 11.1. The van der Waals surface area contributed by atoms with Gasteiger partial charge in [0.15, 0.2) is 6.29 Å². The second-order valence-corrected chi connectivity index (χ2v) is 12.9. The fraction of sp³-hybridized carbons (Fsp3) is 0.857. The minimum Gasteiger partial charge on any atom is -0.481 e. The first-order chi connectivity index (χ1) is 16.2. The van der Waals surface area contributed by atoms with E-state index in [-0.39, 0.29) is 30.1 Å². The van der Waals surface area contributed by atoms with Crippen LogP contribution in [0.25, 0.3) is 0 Å². The minimum absolute atomic E-state index is 0.0737. The summed E-state index contributed by atoms with van der Waals surface area (Å²) in [5.41, 5.74) is -1.59. The standard InChI is InChI=1S/C28H41NO5/c1-16(2)23-9-19-10-26(14-30)22-8-5-17(3)21(22)11-27(19,28(23,26)25(31)32)15-33-24-13-29(20-6-7-20)12-18(4)34-24/h9,14,16-22,24H,5-8,10-13,15H2,1-4H3,(H,31,32)/t17-,18-,19+,21-,22-,24-,26+,27?,28+/m1/s1. The predicted molar refractivity (Wildman–Crippen MR) is 127 cm³/mol. The van der Waals surface area contributed by atoms with E-state index in [0.717, 1.165) is 44.2 Å². The Morgan fingerprint density at radius 3 is 2.65 bits per heavy atom. The molecule has 4 saturated carbocycles. The van der Waals surface area contributed by atoms with E-state index in [1.165, 1.54) is 12.8 Å². The Labute approximate surface area is 203 Å². The Morgan fingerprint density at radius 1 is 1.24 bits per heavy atom. The molecule has 6 rings (SSSR count). The van der Waals surface area contributed by atoms with Gasteiger partial charge in [0, 0.05) is 24.5 Å². The quantitative estimate of drug-likeness (QED) is 0.444. The van der Waals surface area contributed by atoms with Gasteiger partial charge in [-0.25, -0.2) is 0 Å². The summed E-state index contributed by atoms with van der Waals surface area (Å²) in [5.74, 6) is 0.425. The molecule has 5 fully saturated rings. The van der Waals surface area contributed by atoms with Crippen LogP contribution in [0.4, 0.5) is 0 Å². The van der Waals surface area contributed by atoms with Gasteiger partial charge in [-0.05, 0) is 68.6 Å². The molecule has 6 nitrogen and oxygen atoms in total. The predicted octanol–water partition coefficient (Wildman–Crippen LogP) is 4.14. The molecule has 1 saturated heterocycles. The second-order valence-electron chi connectivity index (χ2n) is 12.9. The van der Waals surface area contributed by atoms with Crippen molar-refractivity contribution in [3.05, 3.63) is 11.6 Å². The van der Waals surface area contributed by atoms with Crippen LogP contribution in [0.2, 0.25) is 0 Å². The molecule has 9 atom stereocenters. The molecule has 1 heterocycles. The summed E-state index contributed by atoms with van der Waals surface area (Å²) < 4.78 is 12.8. The lowest BCUT2D eigenvalue weighted by Gasteiger charge is -2.58. The summed E-state index contributed by atoms with van der Waals surface area (Å²) in [4.78, 5) is 29.1. The lowest BCUT2D eigenvalue weighted by atomic mass is 9.43. The summed E-state index contributed by atoms with van der Waals surface area (Å²) in [6.07, 6.45) is 9.15. The third-order valence-electron chi connectivity index (χ3n) is 11.0. The number of carboxylic acid groups (broad SMARTS) is 1. The van der Waals surface area contributed by atoms with Crippen molar-refractivity contribution in [2.24, 2.45) is 45.8 Å². The maximum atomic E-state index is 13.5. The second kappa shape index (κ2) is 7.63. The molecule has 0 aromatic rings. The summed E-state index contributed by atoms with van der Waals surface area (Å²) in [6.45, 7) is 10.6. The number of aliphatic carboxylic acids is 1. The molecule has 4 bridgehead atoms. The van der Waals surface area contributed by atoms with Crippen molar-refractivity contribution in [2.45, 2.75) is 84.7 Å². The van der Waals surface area contributed by atoms with E-state index in [0.29, 0.717) is 30.9 Å². The Kier molecular flexibility index (Phi) is 5.20. The highest BCUT2D eigenvalue weighted by Crippen LogP contribution is 2.82. The van der Waals surface area contributed by atoms with Gasteiger partial charge >= 0.3 is 5.97 Å². The van der Waals surface area contributed by atoms with Crippen molar-refractivity contribution in [1.29, 1.82) is 0 Å². The lowest BCUT2D eigenvalue weighted by molar-refractivity contribution is -0.237. The van der Waals surface area contributed by atoms with Crippen LogP contribution in [-0.4, -0.2) is 60.4 Å². The number of allylic oxidation sites excluding steroid dienone is 1. The summed E-state index contributed by atoms with van der Waals surface area (Å²) in [6, 6.07) is 0.648. The number of nitrogens with zero attached hydrogens (tertiary/aromatic N) is 1. The normalized spacial score (nSPS) is 49.9. The van der Waals surface area contributed by atoms with Crippen molar-refractivity contribution in [2.75, 3.05) is 19.7 Å². The van der Waals surface area contributed by atoms with Crippen molar-refractivity contribution >= 4 is 12.3 Å². The third kappa shape index (κ3) is 2.74. The number of carbonyl (C=O) groups excluding carboxylic acids is 1. The number of rotatable bonds is 7. The van der Waals surface area contributed by atoms with Gasteiger partial charge < -0.3 is 19.4 Å². The molecule has 1 unspecified atom stereocenters. The average molecular weight is 472 g/mol. The number of carboxylic acids is 1. The summed E-state index contributed by atoms with van der Waals surface area (Å²) in [7, 11) is 0. The molecule has 0 spiro atoms. The van der Waals surface area contributed by atoms with Gasteiger partial charge in [0.25, 0.3) is 0 Å². The highest BCUT2D eigenvalue weighted by atomic mass is 16.7. The van der Waals surface area contributed by atoms with Crippen molar-refractivity contribution in [1.82, 2.24) is 4.90 Å². The van der Waals surface area contributed by atoms with Gasteiger partial charge in [-0.1, -0.05) is 38.8 Å². The summed E-state index contributed by atoms with van der Waals surface area (Å²) >= 11 is 0. The van der Waals surface area contributed by atoms with Crippen LogP contribution in [0, 0.1) is 45.8 Å². The van der Waals surface area contributed by atoms with E-state index in [1.807, 2.05) is 0 Å². The number of fused-ring (bicyclic) bond motifs is 2. The van der Waals surface area contributed by atoms with E-state index >= 15 is 0 Å². The zero-order valence-corrected chi connectivity index (χ0v) is 21.2. The van der Waals surface area contributed by atoms with E-state index in [2.05, 4.69) is 38.7 Å². The Bertz CT molecular complexity index is 912. The Hall–Kier alpha value is -1.24. The lowest BCUT2D eigenvalue weighted by Crippen LogP contribution is -2.64. The molecule has 5 aliphatic carbocycles. The highest BCUT2D eigenvalue weighted by Gasteiger charge is 2.84. The van der Waals surface area contributed by atoms with Crippen LogP contribution >= 0.6 is 0 Å². The zero-order valence-electron chi connectivity index (χ0n) is 21.2. The highest BCUT2D eigenvalue weighted by molar-refractivity contribution is 5.90. The van der Waals surface area contributed by atoms with Crippen LogP contribution in [-0.2, 0) is 19.1 Å². The molecule has 6 heteroatoms. The van der Waals surface area contributed by atoms with Gasteiger partial charge in [0.1, 0.15) is 11.7 Å². The first-order valence-electron chi connectivity index (χ1n) is 13.6. The van der Waals surface area contributed by atoms with Gasteiger partial charge in [0.05, 0.1) is 18.1 Å². The van der Waals surface area contributed by atoms with Crippen molar-refractivity contribution in [3.63, 3.8) is 0 Å².